The van der Waals surface area contributed by atoms with Gasteiger partial charge in [-0.2, -0.15) is 0 Å². The number of rotatable bonds is 7. The normalized spacial score (nSPS) is 20.1. The molecule has 0 radical (unpaired) electrons. The highest BCUT2D eigenvalue weighted by molar-refractivity contribution is 6.32. The summed E-state index contributed by atoms with van der Waals surface area (Å²) < 4.78 is 11.0. The van der Waals surface area contributed by atoms with Crippen LogP contribution in [0.5, 0.6) is 5.75 Å². The van der Waals surface area contributed by atoms with Crippen LogP contribution < -0.4 is 15.4 Å². The van der Waals surface area contributed by atoms with Crippen LogP contribution in [0.1, 0.15) is 26.7 Å². The first-order valence-electron chi connectivity index (χ1n) is 8.15. The van der Waals surface area contributed by atoms with Crippen LogP contribution in [0.3, 0.4) is 0 Å². The molecule has 1 heterocycles. The summed E-state index contributed by atoms with van der Waals surface area (Å²) in [7, 11) is 0. The van der Waals surface area contributed by atoms with Crippen molar-refractivity contribution < 1.29 is 14.3 Å². The summed E-state index contributed by atoms with van der Waals surface area (Å²) in [6.45, 7) is 6.42. The van der Waals surface area contributed by atoms with Gasteiger partial charge in [0.15, 0.2) is 5.75 Å². The summed E-state index contributed by atoms with van der Waals surface area (Å²) in [6, 6.07) is 5.73. The minimum absolute atomic E-state index is 0. The lowest BCUT2D eigenvalue weighted by atomic mass is 9.92. The molecule has 1 fully saturated rings. The van der Waals surface area contributed by atoms with Gasteiger partial charge >= 0.3 is 0 Å². The van der Waals surface area contributed by atoms with Crippen LogP contribution >= 0.6 is 24.0 Å². The van der Waals surface area contributed by atoms with Crippen molar-refractivity contribution in [2.75, 3.05) is 31.7 Å². The molecule has 2 atom stereocenters. The molecule has 0 saturated carbocycles. The largest absolute Gasteiger partial charge is 0.487 e. The predicted molar refractivity (Wildman–Crippen MR) is 99.5 cm³/mol. The zero-order chi connectivity index (χ0) is 16.7. The van der Waals surface area contributed by atoms with Crippen LogP contribution in [-0.2, 0) is 9.53 Å². The van der Waals surface area contributed by atoms with Gasteiger partial charge in [0.25, 0.3) is 0 Å². The molecule has 1 amide bonds. The van der Waals surface area contributed by atoms with Crippen molar-refractivity contribution in [3.8, 4) is 5.75 Å². The van der Waals surface area contributed by atoms with E-state index in [9.17, 15) is 4.79 Å². The number of hydrogen-bond acceptors (Lipinski definition) is 4. The molecule has 2 N–H and O–H groups in total. The number of para-hydroxylation sites is 1. The fourth-order valence-electron chi connectivity index (χ4n) is 2.71. The number of benzene rings is 1. The smallest absolute Gasteiger partial charge is 0.227 e. The van der Waals surface area contributed by atoms with E-state index in [1.807, 2.05) is 13.0 Å². The molecule has 1 aromatic rings. The zero-order valence-electron chi connectivity index (χ0n) is 14.1. The third-order valence-electron chi connectivity index (χ3n) is 3.90. The Bertz CT molecular complexity index is 529. The molecule has 0 bridgehead atoms. The highest BCUT2D eigenvalue weighted by Gasteiger charge is 2.25. The van der Waals surface area contributed by atoms with Crippen molar-refractivity contribution in [1.82, 2.24) is 5.32 Å². The van der Waals surface area contributed by atoms with Crippen molar-refractivity contribution in [3.05, 3.63) is 23.2 Å². The number of hydrogen-bond donors (Lipinski definition) is 2. The molecular weight excluding hydrogens is 351 g/mol. The third kappa shape index (κ3) is 6.13. The van der Waals surface area contributed by atoms with Gasteiger partial charge in [0.1, 0.15) is 6.61 Å². The first-order chi connectivity index (χ1) is 11.1. The van der Waals surface area contributed by atoms with Gasteiger partial charge in [-0.1, -0.05) is 17.7 Å². The Morgan fingerprint density at radius 2 is 2.21 bits per heavy atom. The summed E-state index contributed by atoms with van der Waals surface area (Å²) in [6.07, 6.45) is 1.68. The maximum Gasteiger partial charge on any atom is 0.227 e. The molecule has 0 aromatic heterocycles. The van der Waals surface area contributed by atoms with E-state index in [-0.39, 0.29) is 24.2 Å². The molecule has 24 heavy (non-hydrogen) atoms. The van der Waals surface area contributed by atoms with Crippen LogP contribution in [0, 0.1) is 5.92 Å². The number of anilines is 1. The van der Waals surface area contributed by atoms with Crippen LogP contribution in [0.4, 0.5) is 5.69 Å². The number of piperidine rings is 1. The van der Waals surface area contributed by atoms with Crippen LogP contribution in [-0.4, -0.2) is 38.3 Å². The second-order valence-corrected chi connectivity index (χ2v) is 6.13. The Hall–Kier alpha value is -1.01. The summed E-state index contributed by atoms with van der Waals surface area (Å²) in [4.78, 5) is 12.5. The number of carbonyl (C=O) groups is 1. The highest BCUT2D eigenvalue weighted by Crippen LogP contribution is 2.33. The quantitative estimate of drug-likeness (QED) is 0.714. The second-order valence-electron chi connectivity index (χ2n) is 5.73. The fraction of sp³-hybridized carbons (Fsp3) is 0.588. The predicted octanol–water partition coefficient (Wildman–Crippen LogP) is 3.50. The van der Waals surface area contributed by atoms with Crippen molar-refractivity contribution in [1.29, 1.82) is 0 Å². The molecule has 0 spiro atoms. The van der Waals surface area contributed by atoms with E-state index in [0.717, 1.165) is 19.4 Å². The summed E-state index contributed by atoms with van der Waals surface area (Å²) in [5.74, 6) is 0.543. The van der Waals surface area contributed by atoms with Gasteiger partial charge in [0, 0.05) is 18.6 Å². The standard InChI is InChI=1S/C17H25ClN2O3.ClH/c1-3-22-9-10-23-16-14(18)5-4-6-15(16)20-17(21)13-7-8-19-12(2)11-13;/h4-6,12-13,19H,3,7-11H2,1-2H3,(H,20,21);1H/t12-,13-;/m0./s1. The second kappa shape index (κ2) is 10.8. The van der Waals surface area contributed by atoms with E-state index < -0.39 is 0 Å². The van der Waals surface area contributed by atoms with E-state index in [2.05, 4.69) is 17.6 Å². The third-order valence-corrected chi connectivity index (χ3v) is 4.20. The highest BCUT2D eigenvalue weighted by atomic mass is 35.5. The lowest BCUT2D eigenvalue weighted by Crippen LogP contribution is -2.40. The van der Waals surface area contributed by atoms with Crippen molar-refractivity contribution >= 4 is 35.6 Å². The van der Waals surface area contributed by atoms with Gasteiger partial charge in [-0.25, -0.2) is 0 Å². The summed E-state index contributed by atoms with van der Waals surface area (Å²) in [5, 5.41) is 6.80. The maximum absolute atomic E-state index is 12.5. The average Bonchev–Trinajstić information content (AvgIpc) is 2.53. The van der Waals surface area contributed by atoms with E-state index in [4.69, 9.17) is 21.1 Å². The lowest BCUT2D eigenvalue weighted by molar-refractivity contribution is -0.120. The fourth-order valence-corrected chi connectivity index (χ4v) is 2.93. The zero-order valence-corrected chi connectivity index (χ0v) is 15.7. The molecule has 1 saturated heterocycles. The molecule has 5 nitrogen and oxygen atoms in total. The van der Waals surface area contributed by atoms with Crippen molar-refractivity contribution in [3.63, 3.8) is 0 Å². The molecule has 1 aromatic carbocycles. The summed E-state index contributed by atoms with van der Waals surface area (Å²) in [5.41, 5.74) is 0.616. The minimum atomic E-state index is 0. The Kier molecular flexibility index (Phi) is 9.44. The van der Waals surface area contributed by atoms with Crippen LogP contribution in [0.25, 0.3) is 0 Å². The van der Waals surface area contributed by atoms with Gasteiger partial charge in [-0.05, 0) is 45.4 Å². The topological polar surface area (TPSA) is 59.6 Å². The maximum atomic E-state index is 12.5. The molecule has 7 heteroatoms. The van der Waals surface area contributed by atoms with Crippen LogP contribution in [0.15, 0.2) is 18.2 Å². The van der Waals surface area contributed by atoms with Crippen LogP contribution in [0.2, 0.25) is 5.02 Å². The van der Waals surface area contributed by atoms with Gasteiger partial charge in [0.05, 0.1) is 17.3 Å². The Labute approximate surface area is 154 Å². The number of amides is 1. The van der Waals surface area contributed by atoms with Gasteiger partial charge < -0.3 is 20.1 Å². The average molecular weight is 377 g/mol. The minimum Gasteiger partial charge on any atom is -0.487 e. The van der Waals surface area contributed by atoms with Gasteiger partial charge in [-0.15, -0.1) is 12.4 Å². The van der Waals surface area contributed by atoms with E-state index in [1.54, 1.807) is 12.1 Å². The number of carbonyl (C=O) groups excluding carboxylic acids is 1. The van der Waals surface area contributed by atoms with E-state index in [1.165, 1.54) is 0 Å². The monoisotopic (exact) mass is 376 g/mol. The number of nitrogens with one attached hydrogen (secondary N) is 2. The molecular formula is C17H26Cl2N2O3. The molecule has 1 aliphatic rings. The van der Waals surface area contributed by atoms with Gasteiger partial charge in [-0.3, -0.25) is 4.79 Å². The molecule has 136 valence electrons. The molecule has 0 unspecified atom stereocenters. The van der Waals surface area contributed by atoms with Crippen molar-refractivity contribution in [2.24, 2.45) is 5.92 Å². The molecule has 2 rings (SSSR count). The van der Waals surface area contributed by atoms with Gasteiger partial charge in [0.2, 0.25) is 5.91 Å². The number of ether oxygens (including phenoxy) is 2. The number of halogens is 2. The van der Waals surface area contributed by atoms with Crippen molar-refractivity contribution in [2.45, 2.75) is 32.7 Å². The lowest BCUT2D eigenvalue weighted by Gasteiger charge is -2.27. The first-order valence-corrected chi connectivity index (χ1v) is 8.53. The van der Waals surface area contributed by atoms with E-state index in [0.29, 0.717) is 42.3 Å². The molecule has 0 aliphatic carbocycles. The Balaban J connectivity index is 0.00000288. The Morgan fingerprint density at radius 1 is 1.42 bits per heavy atom. The summed E-state index contributed by atoms with van der Waals surface area (Å²) >= 11 is 6.21. The first kappa shape index (κ1) is 21.0. The Morgan fingerprint density at radius 3 is 2.92 bits per heavy atom. The SMILES string of the molecule is CCOCCOc1c(Cl)cccc1NC(=O)[C@H]1CCN[C@@H](C)C1.Cl. The molecule has 1 aliphatic heterocycles. The van der Waals surface area contributed by atoms with E-state index >= 15 is 0 Å².